The summed E-state index contributed by atoms with van der Waals surface area (Å²) in [6, 6.07) is 4.40. The molecule has 0 aliphatic rings. The molecule has 0 aliphatic heterocycles. The number of carbonyl (C=O) groups excluding carboxylic acids is 2. The Morgan fingerprint density at radius 1 is 1.17 bits per heavy atom. The number of amides is 3. The van der Waals surface area contributed by atoms with E-state index in [1.807, 2.05) is 0 Å². The maximum atomic E-state index is 12.0. The minimum Gasteiger partial charge on any atom is -0.341 e. The van der Waals surface area contributed by atoms with E-state index in [4.69, 9.17) is 23.2 Å². The Morgan fingerprint density at radius 3 is 2.28 bits per heavy atom. The van der Waals surface area contributed by atoms with E-state index in [2.05, 4.69) is 10.6 Å². The standard InChI is InChI=1S/C12H14Cl2N2O2/c1-12(2,10(17)16-11(18)15-3)7-4-5-8(13)9(14)6-7/h4-6H,1-3H3,(H2,15,16,17,18). The van der Waals surface area contributed by atoms with Gasteiger partial charge in [-0.3, -0.25) is 10.1 Å². The summed E-state index contributed by atoms with van der Waals surface area (Å²) < 4.78 is 0. The number of hydrogen-bond donors (Lipinski definition) is 2. The highest BCUT2D eigenvalue weighted by Gasteiger charge is 2.31. The molecule has 0 aromatic heterocycles. The van der Waals surface area contributed by atoms with Crippen molar-refractivity contribution >= 4 is 35.1 Å². The highest BCUT2D eigenvalue weighted by molar-refractivity contribution is 6.42. The van der Waals surface area contributed by atoms with Crippen molar-refractivity contribution in [2.45, 2.75) is 19.3 Å². The zero-order valence-electron chi connectivity index (χ0n) is 10.3. The van der Waals surface area contributed by atoms with Crippen molar-refractivity contribution in [2.24, 2.45) is 0 Å². The van der Waals surface area contributed by atoms with Crippen LogP contribution >= 0.6 is 23.2 Å². The van der Waals surface area contributed by atoms with Gasteiger partial charge in [-0.1, -0.05) is 29.3 Å². The fraction of sp³-hybridized carbons (Fsp3) is 0.333. The predicted molar refractivity (Wildman–Crippen MR) is 72.1 cm³/mol. The highest BCUT2D eigenvalue weighted by atomic mass is 35.5. The van der Waals surface area contributed by atoms with Gasteiger partial charge >= 0.3 is 6.03 Å². The first-order chi connectivity index (χ1) is 8.28. The van der Waals surface area contributed by atoms with E-state index in [-0.39, 0.29) is 0 Å². The summed E-state index contributed by atoms with van der Waals surface area (Å²) in [6.45, 7) is 3.40. The number of urea groups is 1. The molecule has 0 bridgehead atoms. The van der Waals surface area contributed by atoms with Crippen LogP contribution in [0.3, 0.4) is 0 Å². The number of benzene rings is 1. The van der Waals surface area contributed by atoms with E-state index in [0.717, 1.165) is 0 Å². The van der Waals surface area contributed by atoms with Crippen molar-refractivity contribution in [1.29, 1.82) is 0 Å². The summed E-state index contributed by atoms with van der Waals surface area (Å²) in [7, 11) is 1.44. The van der Waals surface area contributed by atoms with Crippen LogP contribution < -0.4 is 10.6 Å². The van der Waals surface area contributed by atoms with Crippen LogP contribution in [0.25, 0.3) is 0 Å². The second-order valence-corrected chi connectivity index (χ2v) is 5.10. The average Bonchev–Trinajstić information content (AvgIpc) is 2.32. The fourth-order valence-corrected chi connectivity index (χ4v) is 1.64. The summed E-state index contributed by atoms with van der Waals surface area (Å²) in [5.74, 6) is -0.416. The van der Waals surface area contributed by atoms with Crippen molar-refractivity contribution in [3.63, 3.8) is 0 Å². The van der Waals surface area contributed by atoms with Gasteiger partial charge in [-0.05, 0) is 31.5 Å². The van der Waals surface area contributed by atoms with Gasteiger partial charge in [0.25, 0.3) is 0 Å². The van der Waals surface area contributed by atoms with Crippen molar-refractivity contribution in [3.05, 3.63) is 33.8 Å². The van der Waals surface area contributed by atoms with E-state index >= 15 is 0 Å². The molecule has 1 aromatic carbocycles. The smallest absolute Gasteiger partial charge is 0.321 e. The lowest BCUT2D eigenvalue weighted by Gasteiger charge is -2.23. The Labute approximate surface area is 116 Å². The van der Waals surface area contributed by atoms with E-state index < -0.39 is 17.4 Å². The van der Waals surface area contributed by atoms with Crippen molar-refractivity contribution < 1.29 is 9.59 Å². The number of imide groups is 1. The number of rotatable bonds is 2. The molecule has 0 radical (unpaired) electrons. The molecular formula is C12H14Cl2N2O2. The molecule has 0 fully saturated rings. The maximum absolute atomic E-state index is 12.0. The first kappa shape index (κ1) is 14.8. The monoisotopic (exact) mass is 288 g/mol. The van der Waals surface area contributed by atoms with Crippen molar-refractivity contribution in [1.82, 2.24) is 10.6 Å². The van der Waals surface area contributed by atoms with Crippen LogP contribution in [-0.4, -0.2) is 19.0 Å². The molecule has 0 aliphatic carbocycles. The number of nitrogens with one attached hydrogen (secondary N) is 2. The quantitative estimate of drug-likeness (QED) is 0.879. The summed E-state index contributed by atoms with van der Waals surface area (Å²) in [4.78, 5) is 23.1. The molecule has 0 saturated heterocycles. The number of hydrogen-bond acceptors (Lipinski definition) is 2. The molecule has 4 nitrogen and oxygen atoms in total. The summed E-state index contributed by atoms with van der Waals surface area (Å²) in [5, 5.41) is 5.35. The Kier molecular flexibility index (Phi) is 4.59. The second kappa shape index (κ2) is 5.59. The zero-order valence-corrected chi connectivity index (χ0v) is 11.8. The van der Waals surface area contributed by atoms with Gasteiger partial charge < -0.3 is 5.32 Å². The summed E-state index contributed by atoms with van der Waals surface area (Å²) in [6.07, 6.45) is 0. The van der Waals surface area contributed by atoms with E-state index in [9.17, 15) is 9.59 Å². The molecule has 1 aromatic rings. The first-order valence-electron chi connectivity index (χ1n) is 5.27. The Morgan fingerprint density at radius 2 is 1.78 bits per heavy atom. The molecule has 6 heteroatoms. The van der Waals surface area contributed by atoms with Crippen LogP contribution in [0.2, 0.25) is 10.0 Å². The normalized spacial score (nSPS) is 10.9. The van der Waals surface area contributed by atoms with Crippen LogP contribution in [-0.2, 0) is 10.2 Å². The lowest BCUT2D eigenvalue weighted by molar-refractivity contribution is -0.124. The van der Waals surface area contributed by atoms with Gasteiger partial charge in [0.1, 0.15) is 0 Å². The minimum absolute atomic E-state index is 0.370. The van der Waals surface area contributed by atoms with Gasteiger partial charge in [-0.25, -0.2) is 4.79 Å². The predicted octanol–water partition coefficient (Wildman–Crippen LogP) is 2.73. The molecule has 0 saturated carbocycles. The van der Waals surface area contributed by atoms with Crippen molar-refractivity contribution in [3.8, 4) is 0 Å². The van der Waals surface area contributed by atoms with Crippen LogP contribution in [0.5, 0.6) is 0 Å². The van der Waals surface area contributed by atoms with Gasteiger partial charge in [-0.15, -0.1) is 0 Å². The van der Waals surface area contributed by atoms with Crippen LogP contribution in [0.1, 0.15) is 19.4 Å². The maximum Gasteiger partial charge on any atom is 0.321 e. The number of carbonyl (C=O) groups is 2. The molecule has 0 unspecified atom stereocenters. The molecule has 98 valence electrons. The fourth-order valence-electron chi connectivity index (χ4n) is 1.34. The van der Waals surface area contributed by atoms with Crippen LogP contribution in [0.15, 0.2) is 18.2 Å². The second-order valence-electron chi connectivity index (χ2n) is 4.29. The third-order valence-corrected chi connectivity index (χ3v) is 3.40. The lowest BCUT2D eigenvalue weighted by atomic mass is 9.84. The third kappa shape index (κ3) is 3.15. The molecule has 2 N–H and O–H groups in total. The van der Waals surface area contributed by atoms with E-state index in [1.165, 1.54) is 7.05 Å². The van der Waals surface area contributed by atoms with Gasteiger partial charge in [0.15, 0.2) is 0 Å². The molecule has 3 amide bonds. The van der Waals surface area contributed by atoms with Gasteiger partial charge in [-0.2, -0.15) is 0 Å². The topological polar surface area (TPSA) is 58.2 Å². The Balaban J connectivity index is 3.01. The Bertz CT molecular complexity index is 487. The minimum atomic E-state index is -0.888. The first-order valence-corrected chi connectivity index (χ1v) is 6.03. The highest BCUT2D eigenvalue weighted by Crippen LogP contribution is 2.30. The van der Waals surface area contributed by atoms with E-state index in [0.29, 0.717) is 15.6 Å². The van der Waals surface area contributed by atoms with Gasteiger partial charge in [0, 0.05) is 7.05 Å². The summed E-state index contributed by atoms with van der Waals surface area (Å²) in [5.41, 5.74) is -0.209. The third-order valence-electron chi connectivity index (χ3n) is 2.66. The van der Waals surface area contributed by atoms with Crippen LogP contribution in [0.4, 0.5) is 4.79 Å². The largest absolute Gasteiger partial charge is 0.341 e. The Hall–Kier alpha value is -1.26. The molecule has 0 heterocycles. The van der Waals surface area contributed by atoms with Gasteiger partial charge in [0.2, 0.25) is 5.91 Å². The zero-order chi connectivity index (χ0) is 13.9. The van der Waals surface area contributed by atoms with Crippen LogP contribution in [0, 0.1) is 0 Å². The number of halogens is 2. The van der Waals surface area contributed by atoms with Crippen molar-refractivity contribution in [2.75, 3.05) is 7.05 Å². The molecule has 0 atom stereocenters. The van der Waals surface area contributed by atoms with E-state index in [1.54, 1.807) is 32.0 Å². The van der Waals surface area contributed by atoms with Gasteiger partial charge in [0.05, 0.1) is 15.5 Å². The summed E-state index contributed by atoms with van der Waals surface area (Å²) >= 11 is 11.7. The lowest BCUT2D eigenvalue weighted by Crippen LogP contribution is -2.46. The molecular weight excluding hydrogens is 275 g/mol. The molecule has 0 spiro atoms. The SMILES string of the molecule is CNC(=O)NC(=O)C(C)(C)c1ccc(Cl)c(Cl)c1. The molecule has 18 heavy (non-hydrogen) atoms. The average molecular weight is 289 g/mol. The molecule has 1 rings (SSSR count).